The largest absolute Gasteiger partial charge is 0.392 e. The number of hydrogen-bond acceptors (Lipinski definition) is 3. The minimum Gasteiger partial charge on any atom is -0.392 e. The van der Waals surface area contributed by atoms with Crippen LogP contribution in [0.3, 0.4) is 0 Å². The van der Waals surface area contributed by atoms with Crippen molar-refractivity contribution in [3.63, 3.8) is 0 Å². The second kappa shape index (κ2) is 1.95. The van der Waals surface area contributed by atoms with Crippen molar-refractivity contribution < 1.29 is 13.5 Å². The van der Waals surface area contributed by atoms with Crippen molar-refractivity contribution >= 4 is 9.84 Å². The lowest BCUT2D eigenvalue weighted by atomic mass is 10.1. The summed E-state index contributed by atoms with van der Waals surface area (Å²) in [5.74, 6) is 0.0255. The molecule has 0 aromatic heterocycles. The number of hydrogen-bond donors (Lipinski definition) is 1. The van der Waals surface area contributed by atoms with E-state index in [1.165, 1.54) is 0 Å². The summed E-state index contributed by atoms with van der Waals surface area (Å²) in [6.07, 6.45) is -0.630. The predicted octanol–water partition coefficient (Wildman–Crippen LogP) is -0.588. The molecule has 1 rings (SSSR count). The minimum atomic E-state index is -2.89. The molecule has 0 spiro atoms. The van der Waals surface area contributed by atoms with Crippen LogP contribution in [0.1, 0.15) is 6.92 Å². The first-order valence-electron chi connectivity index (χ1n) is 2.90. The lowest BCUT2D eigenvalue weighted by Crippen LogP contribution is -2.13. The number of sulfone groups is 1. The van der Waals surface area contributed by atoms with E-state index in [2.05, 4.69) is 0 Å². The van der Waals surface area contributed by atoms with Gasteiger partial charge in [-0.2, -0.15) is 0 Å². The molecule has 0 saturated carbocycles. The van der Waals surface area contributed by atoms with E-state index in [0.29, 0.717) is 0 Å². The Morgan fingerprint density at radius 2 is 2.00 bits per heavy atom. The first-order chi connectivity index (χ1) is 4.01. The molecule has 0 aliphatic carbocycles. The predicted molar refractivity (Wildman–Crippen MR) is 33.8 cm³/mol. The van der Waals surface area contributed by atoms with Crippen LogP contribution in [-0.2, 0) is 9.84 Å². The molecule has 0 radical (unpaired) electrons. The highest BCUT2D eigenvalue weighted by molar-refractivity contribution is 7.91. The molecule has 1 aliphatic rings. The van der Waals surface area contributed by atoms with Gasteiger partial charge in [0, 0.05) is 0 Å². The molecule has 1 heterocycles. The highest BCUT2D eigenvalue weighted by Gasteiger charge is 2.32. The maximum Gasteiger partial charge on any atom is 0.153 e. The standard InChI is InChI=1S/C5H10O3S/c1-4-2-9(7,8)3-5(4)6/h4-6H,2-3H2,1H3/t4-,5-/m1/s1. The van der Waals surface area contributed by atoms with Crippen molar-refractivity contribution in [1.29, 1.82) is 0 Å². The molecule has 9 heavy (non-hydrogen) atoms. The van der Waals surface area contributed by atoms with Gasteiger partial charge in [0.2, 0.25) is 0 Å². The summed E-state index contributed by atoms with van der Waals surface area (Å²) in [6.45, 7) is 1.75. The average Bonchev–Trinajstić information content (AvgIpc) is 1.79. The van der Waals surface area contributed by atoms with Gasteiger partial charge < -0.3 is 5.11 Å². The Bertz CT molecular complexity index is 178. The molecule has 0 bridgehead atoms. The van der Waals surface area contributed by atoms with E-state index >= 15 is 0 Å². The maximum atomic E-state index is 10.7. The fourth-order valence-electron chi connectivity index (χ4n) is 1.00. The molecular formula is C5H10O3S. The van der Waals surface area contributed by atoms with Gasteiger partial charge in [-0.1, -0.05) is 6.92 Å². The molecule has 1 fully saturated rings. The van der Waals surface area contributed by atoms with Crippen molar-refractivity contribution in [3.05, 3.63) is 0 Å². The Labute approximate surface area is 54.6 Å². The van der Waals surface area contributed by atoms with Crippen LogP contribution < -0.4 is 0 Å². The highest BCUT2D eigenvalue weighted by Crippen LogP contribution is 2.17. The first-order valence-corrected chi connectivity index (χ1v) is 4.72. The summed E-state index contributed by atoms with van der Waals surface area (Å²) in [6, 6.07) is 0. The molecule has 0 aromatic carbocycles. The van der Waals surface area contributed by atoms with Crippen LogP contribution in [0, 0.1) is 5.92 Å². The third-order valence-corrected chi connectivity index (χ3v) is 3.48. The lowest BCUT2D eigenvalue weighted by molar-refractivity contribution is 0.159. The fourth-order valence-corrected chi connectivity index (χ4v) is 3.01. The summed E-state index contributed by atoms with van der Waals surface area (Å²) in [4.78, 5) is 0. The quantitative estimate of drug-likeness (QED) is 0.502. The van der Waals surface area contributed by atoms with E-state index in [1.54, 1.807) is 6.92 Å². The number of rotatable bonds is 0. The van der Waals surface area contributed by atoms with Crippen LogP contribution in [0.5, 0.6) is 0 Å². The van der Waals surface area contributed by atoms with E-state index in [0.717, 1.165) is 0 Å². The Morgan fingerprint density at radius 3 is 2.11 bits per heavy atom. The van der Waals surface area contributed by atoms with Crippen LogP contribution in [0.25, 0.3) is 0 Å². The monoisotopic (exact) mass is 150 g/mol. The van der Waals surface area contributed by atoms with E-state index in [9.17, 15) is 8.42 Å². The van der Waals surface area contributed by atoms with Crippen molar-refractivity contribution in [2.75, 3.05) is 11.5 Å². The van der Waals surface area contributed by atoms with Gasteiger partial charge in [0.05, 0.1) is 17.6 Å². The Kier molecular flexibility index (Phi) is 1.52. The third kappa shape index (κ3) is 1.43. The molecule has 0 aromatic rings. The Hall–Kier alpha value is -0.0900. The van der Waals surface area contributed by atoms with Crippen LogP contribution >= 0.6 is 0 Å². The normalized spacial score (nSPS) is 41.1. The van der Waals surface area contributed by atoms with Gasteiger partial charge in [-0.25, -0.2) is 8.42 Å². The van der Waals surface area contributed by atoms with Crippen LogP contribution in [0.4, 0.5) is 0 Å². The molecule has 1 N–H and O–H groups in total. The van der Waals surface area contributed by atoms with Crippen molar-refractivity contribution in [2.24, 2.45) is 5.92 Å². The highest BCUT2D eigenvalue weighted by atomic mass is 32.2. The third-order valence-electron chi connectivity index (χ3n) is 1.60. The fraction of sp³-hybridized carbons (Fsp3) is 1.00. The van der Waals surface area contributed by atoms with Gasteiger partial charge in [-0.15, -0.1) is 0 Å². The second-order valence-electron chi connectivity index (χ2n) is 2.62. The Morgan fingerprint density at radius 1 is 1.44 bits per heavy atom. The first kappa shape index (κ1) is 7.02. The van der Waals surface area contributed by atoms with Gasteiger partial charge in [0.1, 0.15) is 0 Å². The zero-order valence-electron chi connectivity index (χ0n) is 5.24. The SMILES string of the molecule is C[C@@H]1CS(=O)(=O)C[C@H]1O. The summed E-state index contributed by atoms with van der Waals surface area (Å²) in [7, 11) is -2.89. The van der Waals surface area contributed by atoms with Crippen LogP contribution in [-0.4, -0.2) is 31.1 Å². The van der Waals surface area contributed by atoms with Crippen LogP contribution in [0.15, 0.2) is 0 Å². The molecular weight excluding hydrogens is 140 g/mol. The molecule has 1 aliphatic heterocycles. The van der Waals surface area contributed by atoms with Crippen molar-refractivity contribution in [3.8, 4) is 0 Å². The molecule has 0 unspecified atom stereocenters. The topological polar surface area (TPSA) is 54.4 Å². The maximum absolute atomic E-state index is 10.7. The van der Waals surface area contributed by atoms with Gasteiger partial charge in [-0.05, 0) is 5.92 Å². The zero-order valence-corrected chi connectivity index (χ0v) is 6.06. The number of aliphatic hydroxyl groups is 1. The average molecular weight is 150 g/mol. The zero-order chi connectivity index (χ0) is 7.07. The molecule has 4 heteroatoms. The molecule has 0 amide bonds. The van der Waals surface area contributed by atoms with Gasteiger partial charge in [0.25, 0.3) is 0 Å². The molecule has 1 saturated heterocycles. The van der Waals surface area contributed by atoms with E-state index < -0.39 is 15.9 Å². The summed E-state index contributed by atoms with van der Waals surface area (Å²) in [5, 5.41) is 8.95. The summed E-state index contributed by atoms with van der Waals surface area (Å²) >= 11 is 0. The Balaban J connectivity index is 2.77. The van der Waals surface area contributed by atoms with Gasteiger partial charge in [-0.3, -0.25) is 0 Å². The second-order valence-corrected chi connectivity index (χ2v) is 4.78. The summed E-state index contributed by atoms with van der Waals surface area (Å²) in [5.41, 5.74) is 0. The minimum absolute atomic E-state index is 0.0475. The molecule has 3 nitrogen and oxygen atoms in total. The lowest BCUT2D eigenvalue weighted by Gasteiger charge is -2.01. The molecule has 2 atom stereocenters. The van der Waals surface area contributed by atoms with Gasteiger partial charge in [0.15, 0.2) is 9.84 Å². The smallest absolute Gasteiger partial charge is 0.153 e. The van der Waals surface area contributed by atoms with Crippen molar-refractivity contribution in [1.82, 2.24) is 0 Å². The molecule has 54 valence electrons. The van der Waals surface area contributed by atoms with Crippen LogP contribution in [0.2, 0.25) is 0 Å². The van der Waals surface area contributed by atoms with Crippen molar-refractivity contribution in [2.45, 2.75) is 13.0 Å². The van der Waals surface area contributed by atoms with E-state index in [-0.39, 0.29) is 17.4 Å². The summed E-state index contributed by atoms with van der Waals surface area (Å²) < 4.78 is 21.4. The van der Waals surface area contributed by atoms with Gasteiger partial charge >= 0.3 is 0 Å². The van der Waals surface area contributed by atoms with E-state index in [4.69, 9.17) is 5.11 Å². The van der Waals surface area contributed by atoms with E-state index in [1.807, 2.05) is 0 Å². The number of aliphatic hydroxyl groups excluding tert-OH is 1.